The second-order valence-corrected chi connectivity index (χ2v) is 10.5. The Hall–Kier alpha value is -2.52. The lowest BCUT2D eigenvalue weighted by molar-refractivity contribution is -0.137. The number of thioether (sulfide) groups is 1. The number of aryl methyl sites for hydroxylation is 1. The van der Waals surface area contributed by atoms with Gasteiger partial charge < -0.3 is 9.88 Å². The van der Waals surface area contributed by atoms with Gasteiger partial charge in [0.25, 0.3) is 5.91 Å². The fourth-order valence-corrected chi connectivity index (χ4v) is 5.98. The summed E-state index contributed by atoms with van der Waals surface area (Å²) in [5.74, 6) is -0.313. The largest absolute Gasteiger partial charge is 0.416 e. The lowest BCUT2D eigenvalue weighted by Gasteiger charge is -2.21. The summed E-state index contributed by atoms with van der Waals surface area (Å²) in [6, 6.07) is 6.96. The standard InChI is InChI=1S/C24H23F3N2O2S2/c1-13(2)11-28-23(31)22-18-10-21(15-6-7-32-12-15)33-20-5-4-16(24(25,26)27)9-17(20)29(18)14(3)8-19(22)30/h4-9,12-13,21H,10-11H2,1-3H3,(H,28,31). The Morgan fingerprint density at radius 2 is 2.00 bits per heavy atom. The van der Waals surface area contributed by atoms with Crippen LogP contribution in [0.25, 0.3) is 5.69 Å². The number of hydrogen-bond acceptors (Lipinski definition) is 4. The highest BCUT2D eigenvalue weighted by Gasteiger charge is 2.34. The van der Waals surface area contributed by atoms with Gasteiger partial charge in [0.2, 0.25) is 0 Å². The molecule has 0 spiro atoms. The normalized spacial score (nSPS) is 15.7. The molecule has 1 aromatic carbocycles. The number of carbonyl (C=O) groups is 1. The topological polar surface area (TPSA) is 51.1 Å². The molecule has 1 aliphatic heterocycles. The van der Waals surface area contributed by atoms with E-state index in [0.29, 0.717) is 34.9 Å². The zero-order valence-corrected chi connectivity index (χ0v) is 20.0. The van der Waals surface area contributed by atoms with Crippen LogP contribution in [0.3, 0.4) is 0 Å². The number of aromatic nitrogens is 1. The van der Waals surface area contributed by atoms with Crippen LogP contribution >= 0.6 is 23.1 Å². The van der Waals surface area contributed by atoms with Crippen LogP contribution in [0, 0.1) is 12.8 Å². The highest BCUT2D eigenvalue weighted by molar-refractivity contribution is 7.99. The van der Waals surface area contributed by atoms with Crippen molar-refractivity contribution < 1.29 is 18.0 Å². The van der Waals surface area contributed by atoms with E-state index >= 15 is 0 Å². The number of thiophene rings is 1. The third-order valence-corrected chi connectivity index (χ3v) is 7.51. The van der Waals surface area contributed by atoms with Crippen molar-refractivity contribution in [1.82, 2.24) is 9.88 Å². The lowest BCUT2D eigenvalue weighted by Crippen LogP contribution is -2.34. The minimum absolute atomic E-state index is 0.00709. The second kappa shape index (κ2) is 9.02. The van der Waals surface area contributed by atoms with E-state index in [9.17, 15) is 22.8 Å². The van der Waals surface area contributed by atoms with Crippen molar-refractivity contribution in [2.45, 2.75) is 43.5 Å². The van der Waals surface area contributed by atoms with E-state index in [0.717, 1.165) is 17.7 Å². The highest BCUT2D eigenvalue weighted by atomic mass is 32.2. The predicted octanol–water partition coefficient (Wildman–Crippen LogP) is 6.00. The molecule has 1 aliphatic rings. The quantitative estimate of drug-likeness (QED) is 0.486. The van der Waals surface area contributed by atoms with E-state index in [-0.39, 0.29) is 16.7 Å². The van der Waals surface area contributed by atoms with Gasteiger partial charge in [-0.2, -0.15) is 24.5 Å². The van der Waals surface area contributed by atoms with E-state index in [1.807, 2.05) is 30.7 Å². The summed E-state index contributed by atoms with van der Waals surface area (Å²) in [4.78, 5) is 26.7. The molecule has 174 valence electrons. The molecule has 0 aliphatic carbocycles. The van der Waals surface area contributed by atoms with Gasteiger partial charge in [-0.1, -0.05) is 13.8 Å². The molecule has 0 bridgehead atoms. The third-order valence-electron chi connectivity index (χ3n) is 5.49. The van der Waals surface area contributed by atoms with Crippen LogP contribution in [-0.4, -0.2) is 17.0 Å². The maximum absolute atomic E-state index is 13.6. The molecule has 0 saturated carbocycles. The Labute approximate surface area is 197 Å². The minimum atomic E-state index is -4.51. The number of rotatable bonds is 4. The van der Waals surface area contributed by atoms with E-state index in [1.165, 1.54) is 35.2 Å². The maximum atomic E-state index is 13.6. The van der Waals surface area contributed by atoms with Crippen molar-refractivity contribution >= 4 is 29.0 Å². The van der Waals surface area contributed by atoms with Gasteiger partial charge in [0, 0.05) is 40.6 Å². The predicted molar refractivity (Wildman–Crippen MR) is 126 cm³/mol. The van der Waals surface area contributed by atoms with Crippen molar-refractivity contribution in [2.24, 2.45) is 5.92 Å². The molecule has 4 nitrogen and oxygen atoms in total. The van der Waals surface area contributed by atoms with Gasteiger partial charge in [0.15, 0.2) is 5.43 Å². The molecule has 2 aromatic heterocycles. The molecule has 1 atom stereocenters. The highest BCUT2D eigenvalue weighted by Crippen LogP contribution is 2.46. The van der Waals surface area contributed by atoms with Crippen molar-refractivity contribution in [1.29, 1.82) is 0 Å². The second-order valence-electron chi connectivity index (χ2n) is 8.46. The zero-order chi connectivity index (χ0) is 23.9. The van der Waals surface area contributed by atoms with Crippen LogP contribution < -0.4 is 10.7 Å². The van der Waals surface area contributed by atoms with E-state index in [2.05, 4.69) is 5.32 Å². The van der Waals surface area contributed by atoms with Crippen molar-refractivity contribution in [3.63, 3.8) is 0 Å². The molecule has 1 N–H and O–H groups in total. The van der Waals surface area contributed by atoms with Gasteiger partial charge >= 0.3 is 6.18 Å². The van der Waals surface area contributed by atoms with Crippen LogP contribution in [0.2, 0.25) is 0 Å². The van der Waals surface area contributed by atoms with Gasteiger partial charge in [-0.15, -0.1) is 11.8 Å². The number of nitrogens with one attached hydrogen (secondary N) is 1. The Bertz CT molecular complexity index is 1250. The summed E-state index contributed by atoms with van der Waals surface area (Å²) in [5.41, 5.74) is 1.05. The first kappa shape index (κ1) is 23.6. The Morgan fingerprint density at radius 1 is 1.24 bits per heavy atom. The number of pyridine rings is 1. The molecule has 4 rings (SSSR count). The summed E-state index contributed by atoms with van der Waals surface area (Å²) in [6.45, 7) is 5.96. The van der Waals surface area contributed by atoms with Gasteiger partial charge in [0.05, 0.1) is 11.3 Å². The molecule has 33 heavy (non-hydrogen) atoms. The average Bonchev–Trinajstić information content (AvgIpc) is 3.20. The summed E-state index contributed by atoms with van der Waals surface area (Å²) < 4.78 is 42.3. The lowest BCUT2D eigenvalue weighted by atomic mass is 10.0. The average molecular weight is 493 g/mol. The van der Waals surface area contributed by atoms with E-state index in [4.69, 9.17) is 0 Å². The van der Waals surface area contributed by atoms with E-state index in [1.54, 1.807) is 11.5 Å². The molecular formula is C24H23F3N2O2S2. The van der Waals surface area contributed by atoms with Crippen LogP contribution in [0.5, 0.6) is 0 Å². The molecule has 9 heteroatoms. The molecule has 0 saturated heterocycles. The van der Waals surface area contributed by atoms with Gasteiger partial charge in [0.1, 0.15) is 5.56 Å². The Morgan fingerprint density at radius 3 is 2.64 bits per heavy atom. The first-order valence-corrected chi connectivity index (χ1v) is 12.3. The number of carbonyl (C=O) groups excluding carboxylic acids is 1. The van der Waals surface area contributed by atoms with Gasteiger partial charge in [-0.05, 0) is 53.4 Å². The van der Waals surface area contributed by atoms with Crippen molar-refractivity contribution in [2.75, 3.05) is 6.54 Å². The first-order valence-electron chi connectivity index (χ1n) is 10.5. The van der Waals surface area contributed by atoms with Crippen LogP contribution in [0.1, 0.15) is 52.0 Å². The third kappa shape index (κ3) is 4.75. The summed E-state index contributed by atoms with van der Waals surface area (Å²) in [6.07, 6.45) is -4.18. The molecule has 3 heterocycles. The van der Waals surface area contributed by atoms with E-state index < -0.39 is 23.1 Å². The van der Waals surface area contributed by atoms with Gasteiger partial charge in [-0.25, -0.2) is 0 Å². The molecule has 1 unspecified atom stereocenters. The van der Waals surface area contributed by atoms with Crippen LogP contribution in [-0.2, 0) is 12.6 Å². The summed E-state index contributed by atoms with van der Waals surface area (Å²) >= 11 is 2.98. The number of amides is 1. The number of benzene rings is 1. The van der Waals surface area contributed by atoms with Crippen molar-refractivity contribution in [3.05, 3.63) is 79.4 Å². The number of hydrogen-bond donors (Lipinski definition) is 1. The fourth-order valence-electron chi connectivity index (χ4n) is 3.93. The van der Waals surface area contributed by atoms with Crippen LogP contribution in [0.4, 0.5) is 13.2 Å². The zero-order valence-electron chi connectivity index (χ0n) is 18.3. The summed E-state index contributed by atoms with van der Waals surface area (Å²) in [7, 11) is 0. The Kier molecular flexibility index (Phi) is 6.46. The van der Waals surface area contributed by atoms with Crippen LogP contribution in [0.15, 0.2) is 50.8 Å². The molecule has 0 radical (unpaired) electrons. The smallest absolute Gasteiger partial charge is 0.352 e. The number of fused-ring (bicyclic) bond motifs is 3. The molecule has 1 amide bonds. The summed E-state index contributed by atoms with van der Waals surface area (Å²) in [5, 5.41) is 6.58. The minimum Gasteiger partial charge on any atom is -0.352 e. The number of halogens is 3. The molecular weight excluding hydrogens is 469 g/mol. The van der Waals surface area contributed by atoms with Gasteiger partial charge in [-0.3, -0.25) is 9.59 Å². The molecule has 3 aromatic rings. The molecule has 0 fully saturated rings. The maximum Gasteiger partial charge on any atom is 0.416 e. The number of alkyl halides is 3. The Balaban J connectivity index is 1.98. The fraction of sp³-hybridized carbons (Fsp3) is 0.333. The monoisotopic (exact) mass is 492 g/mol. The first-order chi connectivity index (χ1) is 15.6. The SMILES string of the molecule is Cc1cc(=O)c(C(=O)NCC(C)C)c2n1-c1cc(C(F)(F)F)ccc1SC(c1ccsc1)C2. The number of nitrogens with zero attached hydrogens (tertiary/aromatic N) is 1. The van der Waals surface area contributed by atoms with Crippen molar-refractivity contribution in [3.8, 4) is 5.69 Å².